The molecule has 2 N–H and O–H groups in total. The normalized spacial score (nSPS) is 11.6. The number of hydrogen-bond donors (Lipinski definition) is 2. The highest BCUT2D eigenvalue weighted by molar-refractivity contribution is 5.98. The van der Waals surface area contributed by atoms with Gasteiger partial charge >= 0.3 is 5.97 Å². The van der Waals surface area contributed by atoms with Crippen LogP contribution in [-0.4, -0.2) is 22.8 Å². The van der Waals surface area contributed by atoms with Gasteiger partial charge in [0.05, 0.1) is 5.92 Å². The van der Waals surface area contributed by atoms with Gasteiger partial charge in [0.1, 0.15) is 0 Å². The largest absolute Gasteiger partial charge is 0.481 e. The van der Waals surface area contributed by atoms with Crippen LogP contribution in [0.25, 0.3) is 11.1 Å². The molecule has 5 heteroatoms. The average molecular weight is 367 g/mol. The fraction of sp³-hybridized carbons (Fsp3) is 0.318. The van der Waals surface area contributed by atoms with Crippen LogP contribution in [0.3, 0.4) is 0 Å². The van der Waals surface area contributed by atoms with Crippen molar-refractivity contribution in [2.75, 3.05) is 5.32 Å². The van der Waals surface area contributed by atoms with Crippen molar-refractivity contribution >= 4 is 23.3 Å². The van der Waals surface area contributed by atoms with Gasteiger partial charge in [0.25, 0.3) is 0 Å². The number of benzene rings is 2. The lowest BCUT2D eigenvalue weighted by Crippen LogP contribution is -2.14. The van der Waals surface area contributed by atoms with E-state index in [2.05, 4.69) is 5.32 Å². The monoisotopic (exact) mass is 367 g/mol. The Labute approximate surface area is 159 Å². The lowest BCUT2D eigenvalue weighted by molar-refractivity contribution is -0.141. The molecule has 1 atom stereocenters. The molecule has 2 aromatic carbocycles. The molecule has 0 aliphatic rings. The number of ketones is 1. The molecule has 2 aromatic rings. The SMILES string of the molecule is CCCCC(=O)Nc1ccc(-c2ccc(C(=O)CC(C)C(=O)O)cc2)cc1. The van der Waals surface area contributed by atoms with Crippen LogP contribution < -0.4 is 5.32 Å². The average Bonchev–Trinajstić information content (AvgIpc) is 2.67. The number of nitrogens with one attached hydrogen (secondary N) is 1. The number of carboxylic acid groups (broad SMARTS) is 1. The summed E-state index contributed by atoms with van der Waals surface area (Å²) in [7, 11) is 0. The maximum absolute atomic E-state index is 12.1. The third-order valence-electron chi connectivity index (χ3n) is 4.38. The zero-order valence-corrected chi connectivity index (χ0v) is 15.7. The number of carboxylic acids is 1. The second kappa shape index (κ2) is 9.67. The van der Waals surface area contributed by atoms with Crippen molar-refractivity contribution < 1.29 is 19.5 Å². The molecule has 1 amide bonds. The highest BCUT2D eigenvalue weighted by Gasteiger charge is 2.17. The first-order valence-corrected chi connectivity index (χ1v) is 9.17. The molecule has 0 aromatic heterocycles. The molecule has 0 spiro atoms. The lowest BCUT2D eigenvalue weighted by Gasteiger charge is -2.08. The highest BCUT2D eigenvalue weighted by Crippen LogP contribution is 2.23. The molecule has 142 valence electrons. The number of rotatable bonds is 9. The summed E-state index contributed by atoms with van der Waals surface area (Å²) in [5.41, 5.74) is 3.18. The van der Waals surface area contributed by atoms with Crippen molar-refractivity contribution in [2.24, 2.45) is 5.92 Å². The third-order valence-corrected chi connectivity index (χ3v) is 4.38. The molecule has 0 bridgehead atoms. The van der Waals surface area contributed by atoms with Crippen molar-refractivity contribution in [3.63, 3.8) is 0 Å². The molecular formula is C22H25NO4. The Kier molecular flexibility index (Phi) is 7.29. The van der Waals surface area contributed by atoms with Crippen LogP contribution in [0.5, 0.6) is 0 Å². The van der Waals surface area contributed by atoms with E-state index in [1.807, 2.05) is 43.3 Å². The first-order chi connectivity index (χ1) is 12.9. The van der Waals surface area contributed by atoms with Crippen LogP contribution in [0, 0.1) is 5.92 Å². The Morgan fingerprint density at radius 1 is 0.963 bits per heavy atom. The molecule has 0 saturated carbocycles. The molecular weight excluding hydrogens is 342 g/mol. The van der Waals surface area contributed by atoms with Gasteiger partial charge in [0.2, 0.25) is 5.91 Å². The van der Waals surface area contributed by atoms with Crippen molar-refractivity contribution in [2.45, 2.75) is 39.5 Å². The first kappa shape index (κ1) is 20.4. The molecule has 0 radical (unpaired) electrons. The summed E-state index contributed by atoms with van der Waals surface area (Å²) in [6.45, 7) is 3.57. The number of anilines is 1. The maximum atomic E-state index is 12.1. The topological polar surface area (TPSA) is 83.5 Å². The van der Waals surface area contributed by atoms with Gasteiger partial charge in [-0.1, -0.05) is 56.7 Å². The summed E-state index contributed by atoms with van der Waals surface area (Å²) in [6.07, 6.45) is 2.37. The third kappa shape index (κ3) is 6.06. The van der Waals surface area contributed by atoms with Gasteiger partial charge in [-0.15, -0.1) is 0 Å². The number of unbranched alkanes of at least 4 members (excludes halogenated alkanes) is 1. The molecule has 1 unspecified atom stereocenters. The Hall–Kier alpha value is -2.95. The molecule has 0 heterocycles. The van der Waals surface area contributed by atoms with Crippen LogP contribution in [-0.2, 0) is 9.59 Å². The number of Topliss-reactive ketones (excluding diaryl/α,β-unsaturated/α-hetero) is 1. The van der Waals surface area contributed by atoms with Crippen LogP contribution >= 0.6 is 0 Å². The van der Waals surface area contributed by atoms with E-state index in [1.54, 1.807) is 12.1 Å². The number of hydrogen-bond acceptors (Lipinski definition) is 3. The predicted molar refractivity (Wildman–Crippen MR) is 106 cm³/mol. The quantitative estimate of drug-likeness (QED) is 0.625. The highest BCUT2D eigenvalue weighted by atomic mass is 16.4. The number of aliphatic carboxylic acids is 1. The molecule has 27 heavy (non-hydrogen) atoms. The van der Waals surface area contributed by atoms with Gasteiger partial charge in [0.15, 0.2) is 5.78 Å². The Balaban J connectivity index is 2.01. The van der Waals surface area contributed by atoms with E-state index in [9.17, 15) is 14.4 Å². The Morgan fingerprint density at radius 3 is 2.04 bits per heavy atom. The van der Waals surface area contributed by atoms with Gasteiger partial charge < -0.3 is 10.4 Å². The molecule has 5 nitrogen and oxygen atoms in total. The Morgan fingerprint density at radius 2 is 1.52 bits per heavy atom. The molecule has 0 aliphatic heterocycles. The summed E-state index contributed by atoms with van der Waals surface area (Å²) in [5.74, 6) is -1.83. The second-order valence-electron chi connectivity index (χ2n) is 6.67. The van der Waals surface area contributed by atoms with Crippen molar-refractivity contribution in [3.05, 3.63) is 54.1 Å². The van der Waals surface area contributed by atoms with Crippen LogP contribution in [0.2, 0.25) is 0 Å². The van der Waals surface area contributed by atoms with Crippen LogP contribution in [0.15, 0.2) is 48.5 Å². The molecule has 0 aliphatic carbocycles. The molecule has 2 rings (SSSR count). The zero-order chi connectivity index (χ0) is 19.8. The smallest absolute Gasteiger partial charge is 0.306 e. The summed E-state index contributed by atoms with van der Waals surface area (Å²) >= 11 is 0. The van der Waals surface area contributed by atoms with Gasteiger partial charge in [-0.25, -0.2) is 0 Å². The predicted octanol–water partition coefficient (Wildman–Crippen LogP) is 4.78. The van der Waals surface area contributed by atoms with Crippen LogP contribution in [0.1, 0.15) is 49.9 Å². The van der Waals surface area contributed by atoms with E-state index < -0.39 is 11.9 Å². The first-order valence-electron chi connectivity index (χ1n) is 9.17. The summed E-state index contributed by atoms with van der Waals surface area (Å²) in [6, 6.07) is 14.7. The summed E-state index contributed by atoms with van der Waals surface area (Å²) < 4.78 is 0. The van der Waals surface area contributed by atoms with E-state index >= 15 is 0 Å². The van der Waals surface area contributed by atoms with Gasteiger partial charge in [-0.3, -0.25) is 14.4 Å². The summed E-state index contributed by atoms with van der Waals surface area (Å²) in [5, 5.41) is 11.8. The zero-order valence-electron chi connectivity index (χ0n) is 15.7. The van der Waals surface area contributed by atoms with E-state index in [0.29, 0.717) is 12.0 Å². The van der Waals surface area contributed by atoms with E-state index in [1.165, 1.54) is 6.92 Å². The van der Waals surface area contributed by atoms with Crippen LogP contribution in [0.4, 0.5) is 5.69 Å². The fourth-order valence-electron chi connectivity index (χ4n) is 2.64. The maximum Gasteiger partial charge on any atom is 0.306 e. The number of amides is 1. The van der Waals surface area contributed by atoms with Gasteiger partial charge in [-0.2, -0.15) is 0 Å². The summed E-state index contributed by atoms with van der Waals surface area (Å²) in [4.78, 5) is 34.8. The Bertz CT molecular complexity index is 794. The minimum absolute atomic E-state index is 0.0128. The van der Waals surface area contributed by atoms with Gasteiger partial charge in [-0.05, 0) is 29.7 Å². The fourth-order valence-corrected chi connectivity index (χ4v) is 2.64. The minimum atomic E-state index is -0.971. The molecule has 0 fully saturated rings. The van der Waals surface area contributed by atoms with E-state index in [4.69, 9.17) is 5.11 Å². The number of carbonyl (C=O) groups is 3. The standard InChI is InChI=1S/C22H25NO4/c1-3-4-5-21(25)23-19-12-10-17(11-13-19)16-6-8-18(9-7-16)20(24)14-15(2)22(26)27/h6-13,15H,3-5,14H2,1-2H3,(H,23,25)(H,26,27). The van der Waals surface area contributed by atoms with Crippen molar-refractivity contribution in [3.8, 4) is 11.1 Å². The van der Waals surface area contributed by atoms with Gasteiger partial charge in [0, 0.05) is 24.1 Å². The lowest BCUT2D eigenvalue weighted by atomic mass is 9.97. The van der Waals surface area contributed by atoms with E-state index in [0.717, 1.165) is 29.7 Å². The van der Waals surface area contributed by atoms with Crippen molar-refractivity contribution in [1.29, 1.82) is 0 Å². The second-order valence-corrected chi connectivity index (χ2v) is 6.67. The molecule has 0 saturated heterocycles. The van der Waals surface area contributed by atoms with E-state index in [-0.39, 0.29) is 18.1 Å². The number of carbonyl (C=O) groups excluding carboxylic acids is 2. The minimum Gasteiger partial charge on any atom is -0.481 e. The van der Waals surface area contributed by atoms with Crippen molar-refractivity contribution in [1.82, 2.24) is 0 Å².